The molecule has 1 amide bonds. The molecular weight excluding hydrogens is 298 g/mol. The molecule has 1 atom stereocenters. The second-order valence-corrected chi connectivity index (χ2v) is 6.87. The fourth-order valence-corrected chi connectivity index (χ4v) is 3.70. The van der Waals surface area contributed by atoms with E-state index >= 15 is 0 Å². The number of benzene rings is 1. The lowest BCUT2D eigenvalue weighted by Crippen LogP contribution is -2.39. The third-order valence-electron chi connectivity index (χ3n) is 3.88. The summed E-state index contributed by atoms with van der Waals surface area (Å²) in [6.07, 6.45) is 0.731. The largest absolute Gasteiger partial charge is 0.378 e. The lowest BCUT2D eigenvalue weighted by molar-refractivity contribution is -0.117. The number of hydrogen-bond donors (Lipinski definition) is 0. The first-order valence-electron chi connectivity index (χ1n) is 7.51. The lowest BCUT2D eigenvalue weighted by atomic mass is 10.1. The Morgan fingerprint density at radius 1 is 1.27 bits per heavy atom. The van der Waals surface area contributed by atoms with E-state index in [1.165, 1.54) is 11.3 Å². The Bertz CT molecular complexity index is 565. The van der Waals surface area contributed by atoms with Crippen molar-refractivity contribution in [2.24, 2.45) is 4.99 Å². The van der Waals surface area contributed by atoms with Gasteiger partial charge in [-0.15, -0.1) is 0 Å². The first kappa shape index (κ1) is 15.4. The summed E-state index contributed by atoms with van der Waals surface area (Å²) in [6.45, 7) is 3.07. The van der Waals surface area contributed by atoms with Gasteiger partial charge < -0.3 is 14.5 Å². The molecule has 2 aliphatic rings. The molecule has 0 radical (unpaired) electrons. The molecule has 0 aromatic heterocycles. The van der Waals surface area contributed by atoms with Crippen LogP contribution in [0, 0.1) is 0 Å². The van der Waals surface area contributed by atoms with E-state index < -0.39 is 0 Å². The number of carbonyl (C=O) groups excluding carboxylic acids is 1. The van der Waals surface area contributed by atoms with Gasteiger partial charge in [-0.2, -0.15) is 4.99 Å². The van der Waals surface area contributed by atoms with Gasteiger partial charge >= 0.3 is 0 Å². The minimum atomic E-state index is -0.0944. The summed E-state index contributed by atoms with van der Waals surface area (Å²) in [7, 11) is 4.04. The summed E-state index contributed by atoms with van der Waals surface area (Å²) < 4.78 is 5.34. The van der Waals surface area contributed by atoms with Crippen molar-refractivity contribution in [2.45, 2.75) is 11.7 Å². The molecule has 1 saturated heterocycles. The Hall–Kier alpha value is -1.53. The van der Waals surface area contributed by atoms with Crippen LogP contribution in [0.25, 0.3) is 0 Å². The van der Waals surface area contributed by atoms with Crippen molar-refractivity contribution in [3.63, 3.8) is 0 Å². The highest BCUT2D eigenvalue weighted by molar-refractivity contribution is 8.15. The van der Waals surface area contributed by atoms with Crippen LogP contribution in [0.2, 0.25) is 0 Å². The van der Waals surface area contributed by atoms with Crippen LogP contribution in [0.3, 0.4) is 0 Å². The highest BCUT2D eigenvalue weighted by Crippen LogP contribution is 2.28. The lowest BCUT2D eigenvalue weighted by Gasteiger charge is -2.27. The second kappa shape index (κ2) is 6.71. The van der Waals surface area contributed by atoms with Crippen LogP contribution in [0.5, 0.6) is 0 Å². The van der Waals surface area contributed by atoms with Gasteiger partial charge in [0.05, 0.1) is 18.5 Å². The van der Waals surface area contributed by atoms with E-state index in [1.807, 2.05) is 14.1 Å². The molecule has 118 valence electrons. The van der Waals surface area contributed by atoms with Crippen molar-refractivity contribution in [1.82, 2.24) is 4.90 Å². The van der Waals surface area contributed by atoms with Crippen molar-refractivity contribution in [3.05, 3.63) is 29.8 Å². The number of nitrogens with zero attached hydrogens (tertiary/aromatic N) is 3. The molecule has 2 aliphatic heterocycles. The number of ether oxygens (including phenoxy) is 1. The zero-order chi connectivity index (χ0) is 15.5. The number of aliphatic imine (C=N–C) groups is 1. The van der Waals surface area contributed by atoms with Gasteiger partial charge in [0.2, 0.25) is 0 Å². The maximum Gasteiger partial charge on any atom is 0.262 e. The van der Waals surface area contributed by atoms with Crippen LogP contribution in [0.15, 0.2) is 29.3 Å². The van der Waals surface area contributed by atoms with Crippen LogP contribution < -0.4 is 4.90 Å². The third-order valence-corrected chi connectivity index (χ3v) is 5.10. The van der Waals surface area contributed by atoms with Gasteiger partial charge in [-0.05, 0) is 24.1 Å². The van der Waals surface area contributed by atoms with Gasteiger partial charge in [-0.25, -0.2) is 0 Å². The standard InChI is InChI=1S/C16H21N3O2S/c1-18(2)13-5-3-12(4-6-13)11-14-15(20)17-16(22-14)19-7-9-21-10-8-19/h3-6,14H,7-11H2,1-2H3. The first-order valence-corrected chi connectivity index (χ1v) is 8.39. The van der Waals surface area contributed by atoms with E-state index in [9.17, 15) is 4.79 Å². The number of rotatable bonds is 3. The molecule has 0 spiro atoms. The van der Waals surface area contributed by atoms with Crippen LogP contribution >= 0.6 is 11.8 Å². The fraction of sp³-hybridized carbons (Fsp3) is 0.500. The zero-order valence-corrected chi connectivity index (χ0v) is 13.8. The van der Waals surface area contributed by atoms with Crippen LogP contribution in [-0.4, -0.2) is 61.6 Å². The minimum Gasteiger partial charge on any atom is -0.378 e. The Kier molecular flexibility index (Phi) is 4.69. The molecule has 1 aromatic carbocycles. The second-order valence-electron chi connectivity index (χ2n) is 5.70. The highest BCUT2D eigenvalue weighted by Gasteiger charge is 2.31. The summed E-state index contributed by atoms with van der Waals surface area (Å²) >= 11 is 1.59. The summed E-state index contributed by atoms with van der Waals surface area (Å²) in [5.74, 6) is -0.0109. The molecule has 1 unspecified atom stereocenters. The van der Waals surface area contributed by atoms with Gasteiger partial charge in [0, 0.05) is 32.9 Å². The fourth-order valence-electron chi connectivity index (χ4n) is 2.54. The maximum atomic E-state index is 12.1. The number of amides is 1. The van der Waals surface area contributed by atoms with Crippen molar-refractivity contribution in [1.29, 1.82) is 0 Å². The van der Waals surface area contributed by atoms with Gasteiger partial charge in [-0.1, -0.05) is 23.9 Å². The molecule has 0 bridgehead atoms. The van der Waals surface area contributed by atoms with Crippen molar-refractivity contribution >= 4 is 28.5 Å². The van der Waals surface area contributed by atoms with E-state index in [1.54, 1.807) is 11.8 Å². The quantitative estimate of drug-likeness (QED) is 0.847. The monoisotopic (exact) mass is 319 g/mol. The zero-order valence-electron chi connectivity index (χ0n) is 13.0. The minimum absolute atomic E-state index is 0.0109. The summed E-state index contributed by atoms with van der Waals surface area (Å²) in [6, 6.07) is 8.36. The molecular formula is C16H21N3O2S. The number of thioether (sulfide) groups is 1. The van der Waals surface area contributed by atoms with Gasteiger partial charge in [0.1, 0.15) is 0 Å². The van der Waals surface area contributed by atoms with Gasteiger partial charge in [0.15, 0.2) is 5.17 Å². The van der Waals surface area contributed by atoms with E-state index in [2.05, 4.69) is 39.1 Å². The molecule has 22 heavy (non-hydrogen) atoms. The highest BCUT2D eigenvalue weighted by atomic mass is 32.2. The SMILES string of the molecule is CN(C)c1ccc(CC2SC(N3CCOCC3)=NC2=O)cc1. The van der Waals surface area contributed by atoms with Crippen LogP contribution in [0.4, 0.5) is 5.69 Å². The van der Waals surface area contributed by atoms with Crippen LogP contribution in [-0.2, 0) is 16.0 Å². The molecule has 5 nitrogen and oxygen atoms in total. The molecule has 0 N–H and O–H groups in total. The Morgan fingerprint density at radius 3 is 2.59 bits per heavy atom. The van der Waals surface area contributed by atoms with Crippen molar-refractivity contribution in [3.8, 4) is 0 Å². The maximum absolute atomic E-state index is 12.1. The van der Waals surface area contributed by atoms with E-state index in [-0.39, 0.29) is 11.2 Å². The predicted molar refractivity (Wildman–Crippen MR) is 90.7 cm³/mol. The topological polar surface area (TPSA) is 45.1 Å². The summed E-state index contributed by atoms with van der Waals surface area (Å²) in [5, 5.41) is 0.770. The number of anilines is 1. The number of carbonyl (C=O) groups is 1. The Balaban J connectivity index is 1.61. The molecule has 2 heterocycles. The Morgan fingerprint density at radius 2 is 1.95 bits per heavy atom. The molecule has 1 aromatic rings. The normalized spacial score (nSPS) is 21.9. The Labute approximate surface area is 135 Å². The van der Waals surface area contributed by atoms with Crippen molar-refractivity contribution < 1.29 is 9.53 Å². The molecule has 6 heteroatoms. The summed E-state index contributed by atoms with van der Waals surface area (Å²) in [5.41, 5.74) is 2.34. The van der Waals surface area contributed by atoms with Gasteiger partial charge in [0.25, 0.3) is 5.91 Å². The average molecular weight is 319 g/mol. The molecule has 3 rings (SSSR count). The van der Waals surface area contributed by atoms with E-state index in [0.717, 1.165) is 24.7 Å². The van der Waals surface area contributed by atoms with Gasteiger partial charge in [-0.3, -0.25) is 4.79 Å². The molecule has 0 aliphatic carbocycles. The van der Waals surface area contributed by atoms with Crippen molar-refractivity contribution in [2.75, 3.05) is 45.3 Å². The predicted octanol–water partition coefficient (Wildman–Crippen LogP) is 1.63. The van der Waals surface area contributed by atoms with Crippen LogP contribution in [0.1, 0.15) is 5.56 Å². The molecule has 1 fully saturated rings. The third kappa shape index (κ3) is 3.44. The van der Waals surface area contributed by atoms with E-state index in [0.29, 0.717) is 13.2 Å². The first-order chi connectivity index (χ1) is 10.6. The average Bonchev–Trinajstić information content (AvgIpc) is 2.90. The van der Waals surface area contributed by atoms with E-state index in [4.69, 9.17) is 4.74 Å². The molecule has 0 saturated carbocycles. The number of amidine groups is 1. The summed E-state index contributed by atoms with van der Waals surface area (Å²) in [4.78, 5) is 20.6. The smallest absolute Gasteiger partial charge is 0.262 e. The number of hydrogen-bond acceptors (Lipinski definition) is 5. The number of morpholine rings is 1.